The van der Waals surface area contributed by atoms with E-state index >= 15 is 0 Å². The largest absolute Gasteiger partial charge is 0.356 e. The Morgan fingerprint density at radius 1 is 1.60 bits per heavy atom. The number of thiophene rings is 1. The van der Waals surface area contributed by atoms with Crippen molar-refractivity contribution in [2.75, 3.05) is 0 Å². The van der Waals surface area contributed by atoms with Gasteiger partial charge >= 0.3 is 22.6 Å². The van der Waals surface area contributed by atoms with Crippen LogP contribution < -0.4 is 22.6 Å². The predicted octanol–water partition coefficient (Wildman–Crippen LogP) is -2.04. The van der Waals surface area contributed by atoms with Crippen LogP contribution in [-0.2, 0) is 0 Å². The Morgan fingerprint density at radius 2 is 2.10 bits per heavy atom. The first kappa shape index (κ1) is 9.63. The molecule has 6 heteroatoms. The molecular formula is C4H4INO3S. The zero-order valence-corrected chi connectivity index (χ0v) is 7.87. The van der Waals surface area contributed by atoms with Crippen molar-refractivity contribution >= 4 is 11.3 Å². The molecule has 0 saturated heterocycles. The van der Waals surface area contributed by atoms with Crippen LogP contribution in [0.15, 0.2) is 17.5 Å². The third-order valence-corrected chi connectivity index (χ3v) is 2.37. The van der Waals surface area contributed by atoms with Gasteiger partial charge < -0.3 is 15.3 Å². The molecule has 0 unspecified atom stereocenters. The summed E-state index contributed by atoms with van der Waals surface area (Å²) in [5.74, 6) is 0. The molecular weight excluding hydrogens is 269 g/mol. The highest BCUT2D eigenvalue weighted by Crippen LogP contribution is 1.92. The Bertz CT molecular complexity index is 184. The predicted molar refractivity (Wildman–Crippen MR) is 34.8 cm³/mol. The molecule has 0 spiro atoms. The lowest BCUT2D eigenvalue weighted by molar-refractivity contribution is -0.402. The molecule has 0 atom stereocenters. The lowest BCUT2D eigenvalue weighted by Gasteiger charge is -1.74. The Kier molecular flexibility index (Phi) is 5.22. The molecule has 4 nitrogen and oxygen atoms in total. The van der Waals surface area contributed by atoms with Crippen LogP contribution in [0, 0.1) is 18.2 Å². The SMILES string of the molecule is O=[N+]([O-])[O-].[IH+]c1cccs1. The molecule has 0 aliphatic carbocycles. The molecule has 0 amide bonds. The summed E-state index contributed by atoms with van der Waals surface area (Å²) in [6.07, 6.45) is 0. The molecule has 1 aromatic rings. The van der Waals surface area contributed by atoms with Crippen molar-refractivity contribution < 1.29 is 27.7 Å². The first-order valence-corrected chi connectivity index (χ1v) is 4.19. The van der Waals surface area contributed by atoms with Crippen molar-refractivity contribution in [3.05, 3.63) is 35.7 Å². The second kappa shape index (κ2) is 5.42. The highest BCUT2D eigenvalue weighted by molar-refractivity contribution is 7.07. The third kappa shape index (κ3) is 7.63. The van der Waals surface area contributed by atoms with Gasteiger partial charge in [-0.05, 0) is 11.4 Å². The number of rotatable bonds is 0. The summed E-state index contributed by atoms with van der Waals surface area (Å²) in [5.41, 5.74) is 0. The van der Waals surface area contributed by atoms with Gasteiger partial charge in [-0.15, -0.1) is 0 Å². The van der Waals surface area contributed by atoms with Gasteiger partial charge in [0.25, 0.3) is 0 Å². The fourth-order valence-corrected chi connectivity index (χ4v) is 1.41. The van der Waals surface area contributed by atoms with Crippen LogP contribution in [0.25, 0.3) is 0 Å². The van der Waals surface area contributed by atoms with E-state index in [-0.39, 0.29) is 0 Å². The van der Waals surface area contributed by atoms with Crippen LogP contribution in [-0.4, -0.2) is 5.09 Å². The monoisotopic (exact) mass is 273 g/mol. The van der Waals surface area contributed by atoms with Gasteiger partial charge in [0, 0.05) is 6.07 Å². The lowest BCUT2D eigenvalue weighted by atomic mass is 10.7. The van der Waals surface area contributed by atoms with E-state index in [9.17, 15) is 0 Å². The second-order valence-corrected chi connectivity index (χ2v) is 4.17. The molecule has 1 aromatic heterocycles. The van der Waals surface area contributed by atoms with Crippen LogP contribution in [0.5, 0.6) is 0 Å². The molecule has 10 heavy (non-hydrogen) atoms. The van der Waals surface area contributed by atoms with E-state index in [1.807, 2.05) is 22.6 Å². The number of hydrogen-bond acceptors (Lipinski definition) is 4. The molecule has 0 fully saturated rings. The van der Waals surface area contributed by atoms with Gasteiger partial charge in [-0.1, -0.05) is 11.3 Å². The summed E-state index contributed by atoms with van der Waals surface area (Å²) in [4.78, 5) is 8.25. The quantitative estimate of drug-likeness (QED) is 0.311. The first-order chi connectivity index (χ1) is 4.63. The fraction of sp³-hybridized carbons (Fsp3) is 0. The van der Waals surface area contributed by atoms with E-state index in [1.165, 1.54) is 2.88 Å². The minimum atomic E-state index is -1.75. The summed E-state index contributed by atoms with van der Waals surface area (Å²) in [5, 5.41) is 16.8. The molecule has 0 bridgehead atoms. The summed E-state index contributed by atoms with van der Waals surface area (Å²) in [6, 6.07) is 4.16. The zero-order valence-electron chi connectivity index (χ0n) is 4.72. The molecule has 0 N–H and O–H groups in total. The maximum Gasteiger partial charge on any atom is 0.308 e. The van der Waals surface area contributed by atoms with Gasteiger partial charge in [0.05, 0.1) is 5.09 Å². The highest BCUT2D eigenvalue weighted by Gasteiger charge is 1.89. The maximum atomic E-state index is 8.25. The van der Waals surface area contributed by atoms with Gasteiger partial charge in [-0.3, -0.25) is 0 Å². The van der Waals surface area contributed by atoms with E-state index in [0.29, 0.717) is 0 Å². The Balaban J connectivity index is 0.000000180. The number of nitrogens with zero attached hydrogens (tertiary/aromatic N) is 1. The Morgan fingerprint density at radius 3 is 2.20 bits per heavy atom. The van der Waals surface area contributed by atoms with Gasteiger partial charge in [0.15, 0.2) is 0 Å². The van der Waals surface area contributed by atoms with Crippen LogP contribution in [0.2, 0.25) is 0 Å². The molecule has 0 radical (unpaired) electrons. The summed E-state index contributed by atoms with van der Waals surface area (Å²) in [6.45, 7) is 0. The second-order valence-electron chi connectivity index (χ2n) is 1.16. The minimum Gasteiger partial charge on any atom is -0.356 e. The topological polar surface area (TPSA) is 66.2 Å². The van der Waals surface area contributed by atoms with Crippen molar-refractivity contribution in [3.63, 3.8) is 0 Å². The van der Waals surface area contributed by atoms with E-state index in [4.69, 9.17) is 15.3 Å². The summed E-state index contributed by atoms with van der Waals surface area (Å²) in [7, 11) is 0. The van der Waals surface area contributed by atoms with Gasteiger partial charge in [-0.2, -0.15) is 0 Å². The maximum absolute atomic E-state index is 8.25. The van der Waals surface area contributed by atoms with Crippen molar-refractivity contribution in [3.8, 4) is 0 Å². The molecule has 0 aromatic carbocycles. The van der Waals surface area contributed by atoms with E-state index < -0.39 is 5.09 Å². The Hall–Kier alpha value is -0.370. The number of hydrogen-bond donors (Lipinski definition) is 0. The summed E-state index contributed by atoms with van der Waals surface area (Å²) < 4.78 is 1.39. The van der Waals surface area contributed by atoms with E-state index in [2.05, 4.69) is 17.5 Å². The minimum absolute atomic E-state index is 1.39. The molecule has 0 saturated carbocycles. The molecule has 0 aliphatic heterocycles. The van der Waals surface area contributed by atoms with Gasteiger partial charge in [-0.25, -0.2) is 0 Å². The van der Waals surface area contributed by atoms with Crippen LogP contribution in [0.3, 0.4) is 0 Å². The van der Waals surface area contributed by atoms with E-state index in [1.54, 1.807) is 11.3 Å². The van der Waals surface area contributed by atoms with Crippen molar-refractivity contribution in [2.24, 2.45) is 0 Å². The molecule has 1 heterocycles. The summed E-state index contributed by atoms with van der Waals surface area (Å²) >= 11 is 3.82. The molecule has 1 rings (SSSR count). The van der Waals surface area contributed by atoms with Gasteiger partial charge in [0.2, 0.25) is 2.88 Å². The van der Waals surface area contributed by atoms with Crippen LogP contribution in [0.4, 0.5) is 0 Å². The average molecular weight is 273 g/mol. The highest BCUT2D eigenvalue weighted by atomic mass is 127. The van der Waals surface area contributed by atoms with Crippen molar-refractivity contribution in [2.45, 2.75) is 0 Å². The number of halogens is 1. The molecule has 0 aliphatic rings. The van der Waals surface area contributed by atoms with Crippen molar-refractivity contribution in [1.82, 2.24) is 0 Å². The Labute approximate surface area is 74.7 Å². The van der Waals surface area contributed by atoms with Crippen LogP contribution >= 0.6 is 11.3 Å². The molecule has 56 valence electrons. The van der Waals surface area contributed by atoms with Crippen molar-refractivity contribution in [1.29, 1.82) is 0 Å². The third-order valence-electron chi connectivity index (χ3n) is 0.495. The smallest absolute Gasteiger partial charge is 0.308 e. The zero-order chi connectivity index (χ0) is 7.98. The van der Waals surface area contributed by atoms with E-state index in [0.717, 1.165) is 0 Å². The fourth-order valence-electron chi connectivity index (χ4n) is 0.263. The lowest BCUT2D eigenvalue weighted by Crippen LogP contribution is -3.33. The average Bonchev–Trinajstić information content (AvgIpc) is 2.15. The first-order valence-electron chi connectivity index (χ1n) is 2.15. The standard InChI is InChI=1S/C4H4IS.NO3/c5-4-2-1-3-6-4;2-1(3)4/h1-3,5H;/q+1;-1. The normalized spacial score (nSPS) is 7.70. The van der Waals surface area contributed by atoms with Crippen LogP contribution in [0.1, 0.15) is 0 Å². The van der Waals surface area contributed by atoms with Gasteiger partial charge in [0.1, 0.15) is 0 Å².